The van der Waals surface area contributed by atoms with Gasteiger partial charge < -0.3 is 9.84 Å². The molecule has 2 aromatic carbocycles. The summed E-state index contributed by atoms with van der Waals surface area (Å²) in [7, 11) is 1.47. The molecule has 22 heavy (non-hydrogen) atoms. The van der Waals surface area contributed by atoms with E-state index >= 15 is 0 Å². The number of nitrogens with zero attached hydrogens (tertiary/aromatic N) is 1. The number of carbonyl (C=O) groups excluding carboxylic acids is 1. The zero-order valence-corrected chi connectivity index (χ0v) is 13.7. The second-order valence-electron chi connectivity index (χ2n) is 4.59. The Morgan fingerprint density at radius 1 is 1.32 bits per heavy atom. The topological polar surface area (TPSA) is 70.9 Å². The first-order valence-electron chi connectivity index (χ1n) is 6.48. The summed E-state index contributed by atoms with van der Waals surface area (Å²) in [5, 5.41) is 13.5. The molecule has 6 heteroatoms. The van der Waals surface area contributed by atoms with Crippen molar-refractivity contribution in [3.63, 3.8) is 0 Å². The van der Waals surface area contributed by atoms with Crippen LogP contribution in [0.3, 0.4) is 0 Å². The zero-order chi connectivity index (χ0) is 16.1. The first kappa shape index (κ1) is 16.0. The van der Waals surface area contributed by atoms with E-state index in [4.69, 9.17) is 4.74 Å². The van der Waals surface area contributed by atoms with Crippen molar-refractivity contribution in [2.24, 2.45) is 5.10 Å². The Balaban J connectivity index is 2.04. The molecule has 0 saturated heterocycles. The monoisotopic (exact) mass is 362 g/mol. The van der Waals surface area contributed by atoms with Crippen molar-refractivity contribution < 1.29 is 14.6 Å². The number of hydrogen-bond donors (Lipinski definition) is 2. The summed E-state index contributed by atoms with van der Waals surface area (Å²) in [5.41, 5.74) is 4.64. The van der Waals surface area contributed by atoms with Crippen molar-refractivity contribution in [1.29, 1.82) is 0 Å². The molecule has 2 rings (SSSR count). The third kappa shape index (κ3) is 3.85. The Labute approximate surface area is 136 Å². The van der Waals surface area contributed by atoms with E-state index in [1.165, 1.54) is 19.4 Å². The van der Waals surface area contributed by atoms with Crippen LogP contribution in [-0.2, 0) is 0 Å². The van der Waals surface area contributed by atoms with E-state index in [1.807, 2.05) is 13.0 Å². The van der Waals surface area contributed by atoms with Gasteiger partial charge >= 0.3 is 0 Å². The number of hydrogen-bond acceptors (Lipinski definition) is 4. The molecule has 0 radical (unpaired) electrons. The maximum Gasteiger partial charge on any atom is 0.271 e. The maximum atomic E-state index is 12.0. The van der Waals surface area contributed by atoms with Gasteiger partial charge in [0, 0.05) is 10.0 Å². The quantitative estimate of drug-likeness (QED) is 0.647. The zero-order valence-electron chi connectivity index (χ0n) is 12.1. The fraction of sp³-hybridized carbons (Fsp3) is 0.125. The Morgan fingerprint density at radius 3 is 2.73 bits per heavy atom. The molecule has 0 aliphatic rings. The second kappa shape index (κ2) is 7.09. The van der Waals surface area contributed by atoms with Crippen LogP contribution in [0.2, 0.25) is 0 Å². The summed E-state index contributed by atoms with van der Waals surface area (Å²) in [6.07, 6.45) is 1.44. The summed E-state index contributed by atoms with van der Waals surface area (Å²) < 4.78 is 5.82. The molecule has 2 N–H and O–H groups in total. The summed E-state index contributed by atoms with van der Waals surface area (Å²) in [4.78, 5) is 12.0. The number of nitrogens with one attached hydrogen (secondary N) is 1. The fourth-order valence-electron chi connectivity index (χ4n) is 1.75. The standard InChI is InChI=1S/C16H15BrN2O3/c1-10-3-5-12(8-13(10)17)16(21)19-18-9-11-4-6-15(22-2)14(20)7-11/h3-9,20H,1-2H3,(H,19,21)/b18-9+. The molecule has 0 spiro atoms. The van der Waals surface area contributed by atoms with E-state index in [-0.39, 0.29) is 11.7 Å². The Morgan fingerprint density at radius 2 is 2.09 bits per heavy atom. The number of ether oxygens (including phenoxy) is 1. The lowest BCUT2D eigenvalue weighted by atomic mass is 10.1. The largest absolute Gasteiger partial charge is 0.504 e. The van der Waals surface area contributed by atoms with Crippen LogP contribution >= 0.6 is 15.9 Å². The molecule has 1 amide bonds. The molecule has 0 saturated carbocycles. The minimum Gasteiger partial charge on any atom is -0.504 e. The highest BCUT2D eigenvalue weighted by atomic mass is 79.9. The second-order valence-corrected chi connectivity index (χ2v) is 5.45. The molecule has 0 aromatic heterocycles. The van der Waals surface area contributed by atoms with Gasteiger partial charge in [-0.05, 0) is 48.4 Å². The van der Waals surface area contributed by atoms with E-state index in [2.05, 4.69) is 26.5 Å². The first-order chi connectivity index (χ1) is 10.5. The average Bonchev–Trinajstić information content (AvgIpc) is 2.50. The number of carbonyl (C=O) groups is 1. The number of benzene rings is 2. The first-order valence-corrected chi connectivity index (χ1v) is 7.27. The van der Waals surface area contributed by atoms with Crippen LogP contribution in [0, 0.1) is 6.92 Å². The summed E-state index contributed by atoms with van der Waals surface area (Å²) in [6.45, 7) is 1.94. The smallest absolute Gasteiger partial charge is 0.271 e. The van der Waals surface area contributed by atoms with Crippen molar-refractivity contribution in [2.75, 3.05) is 7.11 Å². The minimum absolute atomic E-state index is 0.0141. The maximum absolute atomic E-state index is 12.0. The minimum atomic E-state index is -0.310. The van der Waals surface area contributed by atoms with Crippen molar-refractivity contribution in [3.05, 3.63) is 57.6 Å². The highest BCUT2D eigenvalue weighted by Crippen LogP contribution is 2.25. The van der Waals surface area contributed by atoms with Gasteiger partial charge in [0.1, 0.15) is 0 Å². The average molecular weight is 363 g/mol. The van der Waals surface area contributed by atoms with Gasteiger partial charge in [0.25, 0.3) is 5.91 Å². The molecule has 0 aliphatic heterocycles. The van der Waals surface area contributed by atoms with Crippen LogP contribution in [0.25, 0.3) is 0 Å². The van der Waals surface area contributed by atoms with Crippen LogP contribution in [0.15, 0.2) is 46.0 Å². The number of phenols is 1. The molecule has 0 unspecified atom stereocenters. The Kier molecular flexibility index (Phi) is 5.16. The molecule has 0 aliphatic carbocycles. The lowest BCUT2D eigenvalue weighted by Crippen LogP contribution is -2.17. The molecule has 0 bridgehead atoms. The van der Waals surface area contributed by atoms with Crippen LogP contribution < -0.4 is 10.2 Å². The molecule has 5 nitrogen and oxygen atoms in total. The van der Waals surface area contributed by atoms with Gasteiger partial charge in [0.15, 0.2) is 11.5 Å². The van der Waals surface area contributed by atoms with Crippen molar-refractivity contribution in [2.45, 2.75) is 6.92 Å². The lowest BCUT2D eigenvalue weighted by Gasteiger charge is -2.04. The predicted molar refractivity (Wildman–Crippen MR) is 88.6 cm³/mol. The third-order valence-electron chi connectivity index (χ3n) is 3.02. The van der Waals surface area contributed by atoms with E-state index in [0.29, 0.717) is 16.9 Å². The van der Waals surface area contributed by atoms with Crippen LogP contribution in [0.4, 0.5) is 0 Å². The number of halogens is 1. The van der Waals surface area contributed by atoms with Gasteiger partial charge in [-0.3, -0.25) is 4.79 Å². The van der Waals surface area contributed by atoms with Crippen molar-refractivity contribution in [3.8, 4) is 11.5 Å². The number of methoxy groups -OCH3 is 1. The summed E-state index contributed by atoms with van der Waals surface area (Å²) >= 11 is 3.38. The van der Waals surface area contributed by atoms with Crippen molar-refractivity contribution >= 4 is 28.1 Å². The third-order valence-corrected chi connectivity index (χ3v) is 3.87. The SMILES string of the molecule is COc1ccc(/C=N/NC(=O)c2ccc(C)c(Br)c2)cc1O. The van der Waals surface area contributed by atoms with Crippen LogP contribution in [0.5, 0.6) is 11.5 Å². The number of rotatable bonds is 4. The number of amides is 1. The Bertz CT molecular complexity index is 729. The normalized spacial score (nSPS) is 10.7. The van der Waals surface area contributed by atoms with E-state index in [0.717, 1.165) is 10.0 Å². The van der Waals surface area contributed by atoms with Gasteiger partial charge in [0.05, 0.1) is 13.3 Å². The van der Waals surface area contributed by atoms with E-state index < -0.39 is 0 Å². The molecular weight excluding hydrogens is 348 g/mol. The lowest BCUT2D eigenvalue weighted by molar-refractivity contribution is 0.0955. The van der Waals surface area contributed by atoms with E-state index in [9.17, 15) is 9.90 Å². The Hall–Kier alpha value is -2.34. The van der Waals surface area contributed by atoms with E-state index in [1.54, 1.807) is 24.3 Å². The molecule has 114 valence electrons. The molecule has 0 atom stereocenters. The fourth-order valence-corrected chi connectivity index (χ4v) is 2.13. The van der Waals surface area contributed by atoms with Gasteiger partial charge in [-0.25, -0.2) is 5.43 Å². The van der Waals surface area contributed by atoms with Crippen molar-refractivity contribution in [1.82, 2.24) is 5.43 Å². The number of aromatic hydroxyl groups is 1. The van der Waals surface area contributed by atoms with Gasteiger partial charge in [0.2, 0.25) is 0 Å². The predicted octanol–water partition coefficient (Wildman–Crippen LogP) is 3.24. The molecule has 0 fully saturated rings. The molecular formula is C16H15BrN2O3. The summed E-state index contributed by atoms with van der Waals surface area (Å²) in [6, 6.07) is 10.1. The number of hydrazone groups is 1. The number of aryl methyl sites for hydroxylation is 1. The number of phenolic OH excluding ortho intramolecular Hbond substituents is 1. The molecule has 0 heterocycles. The van der Waals surface area contributed by atoms with Gasteiger partial charge in [-0.1, -0.05) is 22.0 Å². The highest BCUT2D eigenvalue weighted by molar-refractivity contribution is 9.10. The van der Waals surface area contributed by atoms with Crippen LogP contribution in [-0.4, -0.2) is 24.3 Å². The van der Waals surface area contributed by atoms with Crippen LogP contribution in [0.1, 0.15) is 21.5 Å². The molecule has 2 aromatic rings. The highest BCUT2D eigenvalue weighted by Gasteiger charge is 2.06. The summed E-state index contributed by atoms with van der Waals surface area (Å²) in [5.74, 6) is 0.0839. The van der Waals surface area contributed by atoms with Gasteiger partial charge in [-0.15, -0.1) is 0 Å². The van der Waals surface area contributed by atoms with Gasteiger partial charge in [-0.2, -0.15) is 5.10 Å².